The van der Waals surface area contributed by atoms with Crippen molar-refractivity contribution < 1.29 is 9.53 Å². The molecule has 0 bridgehead atoms. The molecule has 0 radical (unpaired) electrons. The molecule has 9 nitrogen and oxygen atoms in total. The Balaban J connectivity index is 1.34. The first-order valence-electron chi connectivity index (χ1n) is 15.0. The van der Waals surface area contributed by atoms with Gasteiger partial charge in [0.05, 0.1) is 30.8 Å². The Kier molecular flexibility index (Phi) is 7.98. The van der Waals surface area contributed by atoms with Crippen LogP contribution in [0.3, 0.4) is 0 Å². The third-order valence-corrected chi connectivity index (χ3v) is 9.10. The number of benzene rings is 2. The van der Waals surface area contributed by atoms with Gasteiger partial charge in [-0.05, 0) is 62.9 Å². The van der Waals surface area contributed by atoms with E-state index in [2.05, 4.69) is 77.7 Å². The van der Waals surface area contributed by atoms with Crippen molar-refractivity contribution in [2.75, 3.05) is 56.2 Å². The van der Waals surface area contributed by atoms with Gasteiger partial charge in [0.1, 0.15) is 12.4 Å². The molecular formula is C33H39N7O2. The molecule has 0 N–H and O–H groups in total. The monoisotopic (exact) mass is 567 g/mol. The highest BCUT2D eigenvalue weighted by Crippen LogP contribution is 2.36. The van der Waals surface area contributed by atoms with E-state index in [0.717, 1.165) is 43.0 Å². The summed E-state index contributed by atoms with van der Waals surface area (Å²) in [4.78, 5) is 31.3. The van der Waals surface area contributed by atoms with Gasteiger partial charge in [0, 0.05) is 48.9 Å². The molecular weight excluding hydrogens is 528 g/mol. The van der Waals surface area contributed by atoms with Gasteiger partial charge < -0.3 is 24.3 Å². The van der Waals surface area contributed by atoms with Crippen LogP contribution in [0.25, 0.3) is 10.8 Å². The van der Waals surface area contributed by atoms with E-state index in [0.29, 0.717) is 44.8 Å². The van der Waals surface area contributed by atoms with E-state index in [1.54, 1.807) is 4.90 Å². The molecule has 2 aromatic carbocycles. The zero-order valence-electron chi connectivity index (χ0n) is 24.6. The number of amides is 1. The van der Waals surface area contributed by atoms with Crippen molar-refractivity contribution in [1.82, 2.24) is 19.8 Å². The smallest absolute Gasteiger partial charge is 0.318 e. The fourth-order valence-corrected chi connectivity index (χ4v) is 6.79. The Labute approximate surface area is 248 Å². The largest absolute Gasteiger partial charge is 0.462 e. The Morgan fingerprint density at radius 1 is 1.14 bits per heavy atom. The fourth-order valence-electron chi connectivity index (χ4n) is 6.79. The van der Waals surface area contributed by atoms with Gasteiger partial charge in [-0.3, -0.25) is 4.79 Å². The van der Waals surface area contributed by atoms with E-state index in [-0.39, 0.29) is 18.4 Å². The number of carbonyl (C=O) groups is 1. The van der Waals surface area contributed by atoms with E-state index in [9.17, 15) is 10.1 Å². The number of piperazine rings is 1. The highest BCUT2D eigenvalue weighted by Gasteiger charge is 2.33. The molecule has 0 spiro atoms. The minimum atomic E-state index is -0.227. The summed E-state index contributed by atoms with van der Waals surface area (Å²) in [6, 6.07) is 15.8. The first-order chi connectivity index (χ1) is 20.5. The zero-order chi connectivity index (χ0) is 29.2. The van der Waals surface area contributed by atoms with Crippen LogP contribution < -0.4 is 14.5 Å². The van der Waals surface area contributed by atoms with Gasteiger partial charge in [0.25, 0.3) is 0 Å². The summed E-state index contributed by atoms with van der Waals surface area (Å²) >= 11 is 0. The number of anilines is 2. The number of fused-ring (bicyclic) bond motifs is 2. The van der Waals surface area contributed by atoms with Gasteiger partial charge in [-0.2, -0.15) is 15.2 Å². The van der Waals surface area contributed by atoms with E-state index >= 15 is 0 Å². The van der Waals surface area contributed by atoms with Gasteiger partial charge in [-0.1, -0.05) is 36.9 Å². The van der Waals surface area contributed by atoms with E-state index in [1.165, 1.54) is 34.5 Å². The molecule has 2 atom stereocenters. The lowest BCUT2D eigenvalue weighted by Crippen LogP contribution is -2.55. The molecule has 9 heteroatoms. The quantitative estimate of drug-likeness (QED) is 0.395. The molecule has 2 saturated heterocycles. The van der Waals surface area contributed by atoms with Gasteiger partial charge in [-0.25, -0.2) is 0 Å². The van der Waals surface area contributed by atoms with Gasteiger partial charge in [0.2, 0.25) is 5.91 Å². The maximum atomic E-state index is 12.5. The minimum absolute atomic E-state index is 0.134. The van der Waals surface area contributed by atoms with Gasteiger partial charge in [0.15, 0.2) is 0 Å². The summed E-state index contributed by atoms with van der Waals surface area (Å²) in [7, 11) is 2.14. The minimum Gasteiger partial charge on any atom is -0.462 e. The Bertz CT molecular complexity index is 1530. The number of nitrogens with zero attached hydrogens (tertiary/aromatic N) is 7. The van der Waals surface area contributed by atoms with Crippen molar-refractivity contribution in [2.24, 2.45) is 0 Å². The molecule has 3 aromatic rings. The normalized spacial score (nSPS) is 20.8. The van der Waals surface area contributed by atoms with E-state index < -0.39 is 0 Å². The second-order valence-electron chi connectivity index (χ2n) is 11.7. The molecule has 0 aliphatic carbocycles. The van der Waals surface area contributed by atoms with Gasteiger partial charge in [-0.15, -0.1) is 0 Å². The topological polar surface area (TPSA) is 88.8 Å². The Hall–Kier alpha value is -4.16. The number of aromatic nitrogens is 2. The van der Waals surface area contributed by atoms with Crippen molar-refractivity contribution in [3.63, 3.8) is 0 Å². The number of ether oxygens (including phenoxy) is 1. The lowest BCUT2D eigenvalue weighted by Gasteiger charge is -2.42. The molecule has 0 saturated carbocycles. The van der Waals surface area contributed by atoms with E-state index in [1.807, 2.05) is 0 Å². The van der Waals surface area contributed by atoms with Crippen LogP contribution in [0.5, 0.6) is 6.01 Å². The van der Waals surface area contributed by atoms with E-state index in [4.69, 9.17) is 14.7 Å². The summed E-state index contributed by atoms with van der Waals surface area (Å²) < 4.78 is 6.30. The highest BCUT2D eigenvalue weighted by molar-refractivity contribution is 5.97. The summed E-state index contributed by atoms with van der Waals surface area (Å²) in [5.74, 6) is 0.738. The summed E-state index contributed by atoms with van der Waals surface area (Å²) in [5, 5.41) is 12.0. The van der Waals surface area contributed by atoms with Gasteiger partial charge >= 0.3 is 6.01 Å². The second-order valence-corrected chi connectivity index (χ2v) is 11.7. The number of aryl methyl sites for hydroxylation is 1. The molecule has 2 fully saturated rings. The van der Waals surface area contributed by atoms with Crippen LogP contribution in [0.1, 0.15) is 36.1 Å². The molecule has 6 rings (SSSR count). The van der Waals surface area contributed by atoms with Crippen molar-refractivity contribution in [1.29, 1.82) is 5.26 Å². The van der Waals surface area contributed by atoms with Crippen LogP contribution in [-0.4, -0.2) is 84.1 Å². The van der Waals surface area contributed by atoms with Crippen LogP contribution in [0, 0.1) is 18.3 Å². The Morgan fingerprint density at radius 3 is 2.74 bits per heavy atom. The molecule has 1 amide bonds. The third kappa shape index (κ3) is 5.39. The number of likely N-dealkylation sites (tertiary alicyclic amines) is 1. The molecule has 0 unspecified atom stereocenters. The summed E-state index contributed by atoms with van der Waals surface area (Å²) in [6.45, 7) is 10.7. The standard InChI is InChI=1S/C33H39N7O2/c1-4-30(41)40-19-18-39(20-25(40)13-15-34)32-27-14-17-38(29-12-6-10-24-9-5-8-23(2)31(24)29)21-28(27)35-33(36-32)42-22-26-11-7-16-37(26)3/h4-6,8-10,12,25-26H,1,7,11,13-14,16-22H2,2-3H3/t25-,26-/m0/s1/i3+2. The molecule has 218 valence electrons. The number of likely N-dealkylation sites (N-methyl/N-ethyl adjacent to an activating group) is 1. The number of nitriles is 1. The van der Waals surface area contributed by atoms with Crippen molar-refractivity contribution in [2.45, 2.75) is 51.2 Å². The number of hydrogen-bond donors (Lipinski definition) is 0. The number of rotatable bonds is 7. The predicted molar refractivity (Wildman–Crippen MR) is 165 cm³/mol. The molecule has 3 aliphatic heterocycles. The third-order valence-electron chi connectivity index (χ3n) is 9.10. The maximum Gasteiger partial charge on any atom is 0.318 e. The lowest BCUT2D eigenvalue weighted by molar-refractivity contribution is -0.128. The average Bonchev–Trinajstić information content (AvgIpc) is 3.43. The van der Waals surface area contributed by atoms with Crippen LogP contribution in [-0.2, 0) is 17.8 Å². The highest BCUT2D eigenvalue weighted by atomic mass is 16.5. The first kappa shape index (κ1) is 28.0. The van der Waals surface area contributed by atoms with Crippen LogP contribution in [0.2, 0.25) is 0 Å². The van der Waals surface area contributed by atoms with Crippen molar-refractivity contribution >= 4 is 28.2 Å². The zero-order valence-corrected chi connectivity index (χ0v) is 24.6. The van der Waals surface area contributed by atoms with Crippen LogP contribution in [0.15, 0.2) is 49.1 Å². The maximum absolute atomic E-state index is 12.5. The van der Waals surface area contributed by atoms with Crippen molar-refractivity contribution in [3.8, 4) is 12.1 Å². The molecule has 42 heavy (non-hydrogen) atoms. The molecule has 1 aromatic heterocycles. The SMILES string of the molecule is C=CC(=O)N1CCN(c2nc(OC[C@@H]3CCCN3[14CH3])nc3c2CCN(c2cccc4cccc(C)c24)C3)C[C@@H]1CC#N. The first-order valence-corrected chi connectivity index (χ1v) is 15.0. The van der Waals surface area contributed by atoms with Crippen molar-refractivity contribution in [3.05, 3.63) is 65.9 Å². The number of hydrogen-bond acceptors (Lipinski definition) is 8. The average molecular weight is 568 g/mol. The second kappa shape index (κ2) is 12.0. The molecule has 4 heterocycles. The summed E-state index contributed by atoms with van der Waals surface area (Å²) in [5.41, 5.74) is 4.59. The Morgan fingerprint density at radius 2 is 1.98 bits per heavy atom. The fraction of sp³-hybridized carbons (Fsp3) is 0.455. The van der Waals surface area contributed by atoms with Crippen LogP contribution in [0.4, 0.5) is 11.5 Å². The number of carbonyl (C=O) groups excluding carboxylic acids is 1. The summed E-state index contributed by atoms with van der Waals surface area (Å²) in [6.07, 6.45) is 4.68. The van der Waals surface area contributed by atoms with Crippen LogP contribution >= 0.6 is 0 Å². The predicted octanol–water partition coefficient (Wildman–Crippen LogP) is 4.09. The lowest BCUT2D eigenvalue weighted by atomic mass is 9.99. The molecule has 3 aliphatic rings.